The first-order chi connectivity index (χ1) is 10.6. The average Bonchev–Trinajstić information content (AvgIpc) is 2.52. The third kappa shape index (κ3) is 8.89. The van der Waals surface area contributed by atoms with Crippen LogP contribution in [0.4, 0.5) is 0 Å². The van der Waals surface area contributed by atoms with Gasteiger partial charge in [-0.1, -0.05) is 25.5 Å². The molecular formula is C18H37N3O. The summed E-state index contributed by atoms with van der Waals surface area (Å²) in [5.74, 6) is 1.45. The van der Waals surface area contributed by atoms with E-state index in [-0.39, 0.29) is 0 Å². The van der Waals surface area contributed by atoms with Crippen LogP contribution in [0.3, 0.4) is 0 Å². The number of ether oxygens (including phenoxy) is 1. The fourth-order valence-electron chi connectivity index (χ4n) is 2.83. The third-order valence-corrected chi connectivity index (χ3v) is 4.26. The van der Waals surface area contributed by atoms with E-state index in [2.05, 4.69) is 42.8 Å². The summed E-state index contributed by atoms with van der Waals surface area (Å²) in [4.78, 5) is 0. The maximum atomic E-state index is 5.38. The van der Waals surface area contributed by atoms with Crippen molar-refractivity contribution in [3.05, 3.63) is 11.6 Å². The van der Waals surface area contributed by atoms with Crippen LogP contribution >= 0.6 is 0 Å². The first-order valence-corrected chi connectivity index (χ1v) is 9.06. The van der Waals surface area contributed by atoms with Gasteiger partial charge < -0.3 is 15.4 Å². The standard InChI is InChI=1S/C18H37N3O/c1-5-22-13-16(4)21-14-20-10-9-19-12-17-7-6-8-18(11-17)15(2)3/h11,15-17,19-21H,5-10,12-14H2,1-4H3/t16-,17?/m1/s1. The molecule has 0 aromatic carbocycles. The Kier molecular flexibility index (Phi) is 10.8. The van der Waals surface area contributed by atoms with Gasteiger partial charge in [-0.05, 0) is 44.9 Å². The zero-order chi connectivity index (χ0) is 16.2. The molecule has 0 saturated carbocycles. The van der Waals surface area contributed by atoms with E-state index in [4.69, 9.17) is 4.74 Å². The molecule has 1 aliphatic carbocycles. The molecule has 1 rings (SSSR count). The van der Waals surface area contributed by atoms with Crippen LogP contribution in [-0.2, 0) is 4.74 Å². The van der Waals surface area contributed by atoms with Crippen molar-refractivity contribution in [2.45, 2.75) is 53.0 Å². The molecule has 0 radical (unpaired) electrons. The first kappa shape index (κ1) is 19.6. The number of allylic oxidation sites excluding steroid dienone is 1. The Morgan fingerprint density at radius 2 is 2.00 bits per heavy atom. The quantitative estimate of drug-likeness (QED) is 0.294. The summed E-state index contributed by atoms with van der Waals surface area (Å²) < 4.78 is 5.38. The van der Waals surface area contributed by atoms with Crippen LogP contribution in [0.15, 0.2) is 11.6 Å². The molecule has 130 valence electrons. The lowest BCUT2D eigenvalue weighted by Crippen LogP contribution is -2.40. The molecule has 0 aliphatic heterocycles. The van der Waals surface area contributed by atoms with E-state index in [0.717, 1.165) is 45.4 Å². The van der Waals surface area contributed by atoms with Crippen LogP contribution < -0.4 is 16.0 Å². The topological polar surface area (TPSA) is 45.3 Å². The van der Waals surface area contributed by atoms with Crippen molar-refractivity contribution in [1.29, 1.82) is 0 Å². The second-order valence-electron chi connectivity index (χ2n) is 6.69. The van der Waals surface area contributed by atoms with E-state index in [1.54, 1.807) is 5.57 Å². The molecule has 3 N–H and O–H groups in total. The van der Waals surface area contributed by atoms with Crippen molar-refractivity contribution in [1.82, 2.24) is 16.0 Å². The lowest BCUT2D eigenvalue weighted by atomic mass is 9.85. The van der Waals surface area contributed by atoms with E-state index < -0.39 is 0 Å². The number of nitrogens with one attached hydrogen (secondary N) is 3. The Morgan fingerprint density at radius 3 is 2.73 bits per heavy atom. The summed E-state index contributed by atoms with van der Waals surface area (Å²) >= 11 is 0. The zero-order valence-corrected chi connectivity index (χ0v) is 15.1. The third-order valence-electron chi connectivity index (χ3n) is 4.26. The van der Waals surface area contributed by atoms with Crippen molar-refractivity contribution in [3.8, 4) is 0 Å². The van der Waals surface area contributed by atoms with Crippen LogP contribution in [0.25, 0.3) is 0 Å². The highest BCUT2D eigenvalue weighted by molar-refractivity contribution is 5.10. The van der Waals surface area contributed by atoms with Crippen molar-refractivity contribution >= 4 is 0 Å². The van der Waals surface area contributed by atoms with Crippen LogP contribution in [0.1, 0.15) is 47.0 Å². The molecule has 0 aromatic heterocycles. The largest absolute Gasteiger partial charge is 0.380 e. The fraction of sp³-hybridized carbons (Fsp3) is 0.889. The van der Waals surface area contributed by atoms with Crippen molar-refractivity contribution < 1.29 is 4.74 Å². The summed E-state index contributed by atoms with van der Waals surface area (Å²) in [6.45, 7) is 14.4. The van der Waals surface area contributed by atoms with Gasteiger partial charge in [-0.3, -0.25) is 5.32 Å². The van der Waals surface area contributed by atoms with E-state index in [1.165, 1.54) is 19.3 Å². The van der Waals surface area contributed by atoms with Gasteiger partial charge >= 0.3 is 0 Å². The van der Waals surface area contributed by atoms with Gasteiger partial charge in [0.05, 0.1) is 6.61 Å². The molecule has 2 atom stereocenters. The van der Waals surface area contributed by atoms with Gasteiger partial charge in [-0.25, -0.2) is 0 Å². The summed E-state index contributed by atoms with van der Waals surface area (Å²) in [6, 6.07) is 0.405. The van der Waals surface area contributed by atoms with Crippen molar-refractivity contribution in [2.75, 3.05) is 39.5 Å². The Hall–Kier alpha value is -0.420. The molecule has 0 spiro atoms. The predicted molar refractivity (Wildman–Crippen MR) is 95.1 cm³/mol. The van der Waals surface area contributed by atoms with Crippen LogP contribution in [0.5, 0.6) is 0 Å². The first-order valence-electron chi connectivity index (χ1n) is 9.06. The van der Waals surface area contributed by atoms with Gasteiger partial charge in [0.25, 0.3) is 0 Å². The second kappa shape index (κ2) is 12.1. The summed E-state index contributed by atoms with van der Waals surface area (Å²) in [7, 11) is 0. The smallest absolute Gasteiger partial charge is 0.0617 e. The minimum atomic E-state index is 0.405. The lowest BCUT2D eigenvalue weighted by molar-refractivity contribution is 0.127. The van der Waals surface area contributed by atoms with Crippen LogP contribution in [-0.4, -0.2) is 45.6 Å². The molecule has 0 amide bonds. The highest BCUT2D eigenvalue weighted by Gasteiger charge is 2.14. The number of hydrogen-bond donors (Lipinski definition) is 3. The normalized spacial score (nSPS) is 20.2. The number of rotatable bonds is 12. The molecule has 0 bridgehead atoms. The molecule has 4 heteroatoms. The highest BCUT2D eigenvalue weighted by atomic mass is 16.5. The monoisotopic (exact) mass is 311 g/mol. The Balaban J connectivity index is 1.98. The molecule has 22 heavy (non-hydrogen) atoms. The number of hydrogen-bond acceptors (Lipinski definition) is 4. The Labute approximate surface area is 137 Å². The van der Waals surface area contributed by atoms with E-state index in [1.807, 2.05) is 6.92 Å². The van der Waals surface area contributed by atoms with Crippen LogP contribution in [0, 0.1) is 11.8 Å². The zero-order valence-electron chi connectivity index (χ0n) is 15.1. The predicted octanol–water partition coefficient (Wildman–Crippen LogP) is 2.52. The molecule has 0 heterocycles. The van der Waals surface area contributed by atoms with Gasteiger partial charge in [0.2, 0.25) is 0 Å². The van der Waals surface area contributed by atoms with Gasteiger partial charge in [0.1, 0.15) is 0 Å². The Bertz CT molecular complexity index is 305. The van der Waals surface area contributed by atoms with E-state index in [0.29, 0.717) is 12.0 Å². The second-order valence-corrected chi connectivity index (χ2v) is 6.69. The van der Waals surface area contributed by atoms with E-state index >= 15 is 0 Å². The minimum Gasteiger partial charge on any atom is -0.380 e. The summed E-state index contributed by atoms with van der Waals surface area (Å²) in [6.07, 6.45) is 6.52. The highest BCUT2D eigenvalue weighted by Crippen LogP contribution is 2.27. The molecule has 1 unspecified atom stereocenters. The molecular weight excluding hydrogens is 274 g/mol. The Morgan fingerprint density at radius 1 is 1.23 bits per heavy atom. The van der Waals surface area contributed by atoms with Crippen molar-refractivity contribution in [2.24, 2.45) is 11.8 Å². The lowest BCUT2D eigenvalue weighted by Gasteiger charge is -2.23. The minimum absolute atomic E-state index is 0.405. The van der Waals surface area contributed by atoms with Gasteiger partial charge in [0.15, 0.2) is 0 Å². The average molecular weight is 312 g/mol. The molecule has 0 saturated heterocycles. The molecule has 0 fully saturated rings. The summed E-state index contributed by atoms with van der Waals surface area (Å²) in [5, 5.41) is 10.4. The molecule has 1 aliphatic rings. The fourth-order valence-corrected chi connectivity index (χ4v) is 2.83. The van der Waals surface area contributed by atoms with E-state index in [9.17, 15) is 0 Å². The molecule has 0 aromatic rings. The van der Waals surface area contributed by atoms with Gasteiger partial charge in [-0.2, -0.15) is 0 Å². The SMILES string of the molecule is CCOC[C@@H](C)NCNCCNCC1C=C(C(C)C)CCC1. The maximum absolute atomic E-state index is 5.38. The summed E-state index contributed by atoms with van der Waals surface area (Å²) in [5.41, 5.74) is 1.66. The van der Waals surface area contributed by atoms with Gasteiger partial charge in [-0.15, -0.1) is 0 Å². The maximum Gasteiger partial charge on any atom is 0.0617 e. The van der Waals surface area contributed by atoms with Crippen LogP contribution in [0.2, 0.25) is 0 Å². The van der Waals surface area contributed by atoms with Gasteiger partial charge in [0, 0.05) is 39.0 Å². The molecule has 4 nitrogen and oxygen atoms in total. The van der Waals surface area contributed by atoms with Crippen molar-refractivity contribution in [3.63, 3.8) is 0 Å².